The first kappa shape index (κ1) is 14.0. The quantitative estimate of drug-likeness (QED) is 0.790. The van der Waals surface area contributed by atoms with Crippen LogP contribution in [0.15, 0.2) is 42.6 Å². The molecule has 1 aromatic carbocycles. The zero-order valence-corrected chi connectivity index (χ0v) is 12.6. The third-order valence-corrected chi connectivity index (χ3v) is 3.61. The highest BCUT2D eigenvalue weighted by atomic mass is 35.5. The fourth-order valence-corrected chi connectivity index (χ4v) is 2.48. The van der Waals surface area contributed by atoms with Crippen molar-refractivity contribution in [3.63, 3.8) is 0 Å². The standard InChI is InChI=1S/C15H12Cl2N4/c16-13-9-12(15(17)21-20-13)18-8-6-11-4-1-3-10-5-2-7-19-14(10)11/h1-5,7,9H,6,8H2,(H,18,20). The SMILES string of the molecule is Clc1cc(NCCc2cccc3cccnc23)c(Cl)nn1. The van der Waals surface area contributed by atoms with Crippen LogP contribution >= 0.6 is 23.2 Å². The van der Waals surface area contributed by atoms with Gasteiger partial charge in [0.1, 0.15) is 0 Å². The Morgan fingerprint density at radius 1 is 1.05 bits per heavy atom. The second-order valence-electron chi connectivity index (χ2n) is 4.54. The largest absolute Gasteiger partial charge is 0.382 e. The summed E-state index contributed by atoms with van der Waals surface area (Å²) in [6.45, 7) is 0.706. The van der Waals surface area contributed by atoms with Gasteiger partial charge in [-0.05, 0) is 18.1 Å². The van der Waals surface area contributed by atoms with Crippen LogP contribution in [0.1, 0.15) is 5.56 Å². The number of para-hydroxylation sites is 1. The molecule has 106 valence electrons. The van der Waals surface area contributed by atoms with E-state index in [1.807, 2.05) is 18.3 Å². The van der Waals surface area contributed by atoms with E-state index in [2.05, 4.69) is 38.7 Å². The lowest BCUT2D eigenvalue weighted by atomic mass is 10.1. The molecule has 4 nitrogen and oxygen atoms in total. The van der Waals surface area contributed by atoms with Crippen molar-refractivity contribution < 1.29 is 0 Å². The summed E-state index contributed by atoms with van der Waals surface area (Å²) >= 11 is 11.8. The molecule has 0 aliphatic heterocycles. The maximum atomic E-state index is 5.97. The van der Waals surface area contributed by atoms with Gasteiger partial charge < -0.3 is 5.32 Å². The predicted molar refractivity (Wildman–Crippen MR) is 86.0 cm³/mol. The van der Waals surface area contributed by atoms with Crippen LogP contribution in [0.3, 0.4) is 0 Å². The number of aromatic nitrogens is 3. The minimum Gasteiger partial charge on any atom is -0.382 e. The van der Waals surface area contributed by atoms with Gasteiger partial charge in [-0.3, -0.25) is 4.98 Å². The Kier molecular flexibility index (Phi) is 4.18. The highest BCUT2D eigenvalue weighted by Gasteiger charge is 2.05. The Morgan fingerprint density at radius 2 is 1.90 bits per heavy atom. The van der Waals surface area contributed by atoms with Gasteiger partial charge in [-0.1, -0.05) is 47.5 Å². The molecule has 0 saturated heterocycles. The van der Waals surface area contributed by atoms with Crippen LogP contribution < -0.4 is 5.32 Å². The molecule has 6 heteroatoms. The molecular weight excluding hydrogens is 307 g/mol. The molecule has 0 bridgehead atoms. The molecule has 0 saturated carbocycles. The highest BCUT2D eigenvalue weighted by Crippen LogP contribution is 2.21. The molecule has 0 unspecified atom stereocenters. The molecule has 3 rings (SSSR count). The first-order valence-corrected chi connectivity index (χ1v) is 7.25. The number of pyridine rings is 1. The Hall–Kier alpha value is -1.91. The van der Waals surface area contributed by atoms with Crippen molar-refractivity contribution >= 4 is 39.8 Å². The molecule has 0 aliphatic carbocycles. The Morgan fingerprint density at radius 3 is 2.81 bits per heavy atom. The minimum atomic E-state index is 0.314. The number of halogens is 2. The van der Waals surface area contributed by atoms with Crippen LogP contribution in [-0.4, -0.2) is 21.7 Å². The molecule has 0 atom stereocenters. The summed E-state index contributed by atoms with van der Waals surface area (Å²) < 4.78 is 0. The second-order valence-corrected chi connectivity index (χ2v) is 5.29. The van der Waals surface area contributed by atoms with E-state index in [-0.39, 0.29) is 0 Å². The minimum absolute atomic E-state index is 0.314. The van der Waals surface area contributed by atoms with Crippen molar-refractivity contribution in [2.45, 2.75) is 6.42 Å². The van der Waals surface area contributed by atoms with E-state index in [1.54, 1.807) is 6.07 Å². The fraction of sp³-hybridized carbons (Fsp3) is 0.133. The lowest BCUT2D eigenvalue weighted by Gasteiger charge is -2.09. The number of nitrogens with zero attached hydrogens (tertiary/aromatic N) is 3. The van der Waals surface area contributed by atoms with Gasteiger partial charge in [0.25, 0.3) is 0 Å². The summed E-state index contributed by atoms with van der Waals surface area (Å²) in [6.07, 6.45) is 2.63. The molecule has 2 heterocycles. The summed E-state index contributed by atoms with van der Waals surface area (Å²) in [5.41, 5.74) is 2.90. The van der Waals surface area contributed by atoms with E-state index in [1.165, 1.54) is 5.56 Å². The normalized spacial score (nSPS) is 10.8. The monoisotopic (exact) mass is 318 g/mol. The van der Waals surface area contributed by atoms with E-state index in [0.717, 1.165) is 17.3 Å². The van der Waals surface area contributed by atoms with Gasteiger partial charge in [0, 0.05) is 24.2 Å². The first-order valence-electron chi connectivity index (χ1n) is 6.49. The third kappa shape index (κ3) is 3.23. The Labute approximate surface area is 132 Å². The van der Waals surface area contributed by atoms with Gasteiger partial charge in [0.05, 0.1) is 11.2 Å². The smallest absolute Gasteiger partial charge is 0.174 e. The number of hydrogen-bond donors (Lipinski definition) is 1. The first-order chi connectivity index (χ1) is 10.2. The van der Waals surface area contributed by atoms with Crippen molar-refractivity contribution in [3.8, 4) is 0 Å². The lowest BCUT2D eigenvalue weighted by molar-refractivity contribution is 0.995. The number of benzene rings is 1. The van der Waals surface area contributed by atoms with Crippen LogP contribution in [0.25, 0.3) is 10.9 Å². The van der Waals surface area contributed by atoms with E-state index in [9.17, 15) is 0 Å². The van der Waals surface area contributed by atoms with Crippen molar-refractivity contribution in [2.75, 3.05) is 11.9 Å². The Balaban J connectivity index is 1.74. The zero-order valence-electron chi connectivity index (χ0n) is 11.1. The maximum Gasteiger partial charge on any atom is 0.174 e. The summed E-state index contributed by atoms with van der Waals surface area (Å²) in [4.78, 5) is 4.44. The van der Waals surface area contributed by atoms with Crippen molar-refractivity contribution in [2.24, 2.45) is 0 Å². The third-order valence-electron chi connectivity index (χ3n) is 3.15. The van der Waals surface area contributed by atoms with Crippen LogP contribution in [0.5, 0.6) is 0 Å². The van der Waals surface area contributed by atoms with E-state index in [0.29, 0.717) is 22.5 Å². The molecule has 21 heavy (non-hydrogen) atoms. The average Bonchev–Trinajstić information content (AvgIpc) is 2.51. The van der Waals surface area contributed by atoms with E-state index >= 15 is 0 Å². The molecule has 0 amide bonds. The zero-order chi connectivity index (χ0) is 14.7. The topological polar surface area (TPSA) is 50.7 Å². The highest BCUT2D eigenvalue weighted by molar-refractivity contribution is 6.33. The molecule has 3 aromatic rings. The van der Waals surface area contributed by atoms with Gasteiger partial charge in [0.15, 0.2) is 10.3 Å². The number of fused-ring (bicyclic) bond motifs is 1. The van der Waals surface area contributed by atoms with Crippen LogP contribution in [0.2, 0.25) is 10.3 Å². The summed E-state index contributed by atoms with van der Waals surface area (Å²) in [6, 6.07) is 11.8. The summed E-state index contributed by atoms with van der Waals surface area (Å²) in [5, 5.41) is 12.4. The molecule has 2 aromatic heterocycles. The van der Waals surface area contributed by atoms with Crippen LogP contribution in [0.4, 0.5) is 5.69 Å². The fourth-order valence-electron chi connectivity index (χ4n) is 2.18. The van der Waals surface area contributed by atoms with Gasteiger partial charge in [0.2, 0.25) is 0 Å². The van der Waals surface area contributed by atoms with E-state index < -0.39 is 0 Å². The van der Waals surface area contributed by atoms with Gasteiger partial charge >= 0.3 is 0 Å². The van der Waals surface area contributed by atoms with Crippen LogP contribution in [0, 0.1) is 0 Å². The Bertz CT molecular complexity index is 771. The lowest BCUT2D eigenvalue weighted by Crippen LogP contribution is -2.07. The van der Waals surface area contributed by atoms with Crippen LogP contribution in [-0.2, 0) is 6.42 Å². The van der Waals surface area contributed by atoms with Gasteiger partial charge in [-0.2, -0.15) is 0 Å². The van der Waals surface area contributed by atoms with Gasteiger partial charge in [-0.15, -0.1) is 10.2 Å². The molecule has 0 radical (unpaired) electrons. The molecular formula is C15H12Cl2N4. The number of rotatable bonds is 4. The average molecular weight is 319 g/mol. The van der Waals surface area contributed by atoms with Crippen molar-refractivity contribution in [3.05, 3.63) is 58.5 Å². The van der Waals surface area contributed by atoms with Gasteiger partial charge in [-0.25, -0.2) is 0 Å². The number of anilines is 1. The molecule has 0 spiro atoms. The summed E-state index contributed by atoms with van der Waals surface area (Å²) in [7, 11) is 0. The number of hydrogen-bond acceptors (Lipinski definition) is 4. The van der Waals surface area contributed by atoms with Crippen molar-refractivity contribution in [1.82, 2.24) is 15.2 Å². The predicted octanol–water partition coefficient (Wildman–Crippen LogP) is 3.99. The molecule has 1 N–H and O–H groups in total. The molecule has 0 aliphatic rings. The number of nitrogens with one attached hydrogen (secondary N) is 1. The van der Waals surface area contributed by atoms with Crippen molar-refractivity contribution in [1.29, 1.82) is 0 Å². The van der Waals surface area contributed by atoms with E-state index in [4.69, 9.17) is 23.2 Å². The second kappa shape index (κ2) is 6.24. The molecule has 0 fully saturated rings. The maximum absolute atomic E-state index is 5.97. The summed E-state index contributed by atoms with van der Waals surface area (Å²) in [5.74, 6) is 0.